The molecule has 1 rings (SSSR count). The quantitative estimate of drug-likeness (QED) is 0.773. The van der Waals surface area contributed by atoms with Crippen molar-refractivity contribution < 1.29 is 8.78 Å². The molecule has 0 saturated carbocycles. The van der Waals surface area contributed by atoms with E-state index in [4.69, 9.17) is 11.5 Å². The monoisotopic (exact) mass is 285 g/mol. The second kappa shape index (κ2) is 3.38. The molecule has 0 bridgehead atoms. The van der Waals surface area contributed by atoms with Gasteiger partial charge in [0.2, 0.25) is 0 Å². The summed E-state index contributed by atoms with van der Waals surface area (Å²) in [7, 11) is 0. The fourth-order valence-corrected chi connectivity index (χ4v) is 1.61. The number of nitrogens with two attached hydrogens (primary N) is 2. The highest BCUT2D eigenvalue weighted by molar-refractivity contribution is 14.1. The van der Waals surface area contributed by atoms with E-state index >= 15 is 0 Å². The lowest BCUT2D eigenvalue weighted by molar-refractivity contribution is 0.151. The molecule has 0 fully saturated rings. The summed E-state index contributed by atoms with van der Waals surface area (Å²) in [5, 5.41) is 0. The molecule has 3 nitrogen and oxygen atoms in total. The number of hydrogen-bond acceptors (Lipinski definition) is 3. The van der Waals surface area contributed by atoms with Crippen LogP contribution in [0.1, 0.15) is 12.0 Å². The molecule has 1 heterocycles. The molecular formula is C6H6F2IN3. The molecule has 0 aliphatic heterocycles. The third kappa shape index (κ3) is 1.74. The fourth-order valence-electron chi connectivity index (χ4n) is 0.778. The van der Waals surface area contributed by atoms with E-state index in [0.29, 0.717) is 3.57 Å². The van der Waals surface area contributed by atoms with Crippen LogP contribution in [0.2, 0.25) is 0 Å². The van der Waals surface area contributed by atoms with E-state index in [2.05, 4.69) is 4.98 Å². The summed E-state index contributed by atoms with van der Waals surface area (Å²) in [4.78, 5) is 3.53. The molecule has 0 amide bonds. The molecule has 0 saturated heterocycles. The van der Waals surface area contributed by atoms with Gasteiger partial charge in [0.1, 0.15) is 11.6 Å². The van der Waals surface area contributed by atoms with Crippen molar-refractivity contribution in [3.8, 4) is 0 Å². The van der Waals surface area contributed by atoms with Crippen LogP contribution in [0.5, 0.6) is 0 Å². The van der Waals surface area contributed by atoms with Crippen molar-refractivity contribution in [3.05, 3.63) is 15.2 Å². The van der Waals surface area contributed by atoms with Crippen LogP contribution >= 0.6 is 22.6 Å². The standard InChI is InChI=1S/C6H6F2IN3/c7-5(8)4-2(9)1-3(10)12-6(4)11/h1,5H,(H4,10,11,12). The Morgan fingerprint density at radius 3 is 2.42 bits per heavy atom. The highest BCUT2D eigenvalue weighted by Crippen LogP contribution is 2.29. The normalized spacial score (nSPS) is 10.7. The van der Waals surface area contributed by atoms with Crippen LogP contribution in [-0.4, -0.2) is 4.98 Å². The SMILES string of the molecule is Nc1cc(I)c(C(F)F)c(N)n1. The molecule has 1 aromatic heterocycles. The van der Waals surface area contributed by atoms with Gasteiger partial charge < -0.3 is 11.5 Å². The smallest absolute Gasteiger partial charge is 0.268 e. The van der Waals surface area contributed by atoms with E-state index in [1.165, 1.54) is 6.07 Å². The summed E-state index contributed by atoms with van der Waals surface area (Å²) in [5.41, 5.74) is 10.3. The van der Waals surface area contributed by atoms with Crippen molar-refractivity contribution in [2.75, 3.05) is 11.5 Å². The molecule has 0 aliphatic rings. The Morgan fingerprint density at radius 2 is 2.00 bits per heavy atom. The number of nitrogens with zero attached hydrogens (tertiary/aromatic N) is 1. The van der Waals surface area contributed by atoms with Gasteiger partial charge in [-0.2, -0.15) is 0 Å². The lowest BCUT2D eigenvalue weighted by Gasteiger charge is -2.06. The number of alkyl halides is 2. The Morgan fingerprint density at radius 1 is 1.42 bits per heavy atom. The van der Waals surface area contributed by atoms with Crippen molar-refractivity contribution in [2.45, 2.75) is 6.43 Å². The summed E-state index contributed by atoms with van der Waals surface area (Å²) in [6.07, 6.45) is -2.61. The van der Waals surface area contributed by atoms with E-state index in [0.717, 1.165) is 0 Å². The lowest BCUT2D eigenvalue weighted by Crippen LogP contribution is -2.03. The first kappa shape index (κ1) is 9.43. The minimum Gasteiger partial charge on any atom is -0.384 e. The number of halogens is 3. The maximum absolute atomic E-state index is 12.3. The van der Waals surface area contributed by atoms with Crippen molar-refractivity contribution >= 4 is 34.2 Å². The summed E-state index contributed by atoms with van der Waals surface area (Å²) < 4.78 is 24.8. The van der Waals surface area contributed by atoms with Gasteiger partial charge in [-0.05, 0) is 28.7 Å². The van der Waals surface area contributed by atoms with Gasteiger partial charge >= 0.3 is 0 Å². The molecule has 0 atom stereocenters. The van der Waals surface area contributed by atoms with Gasteiger partial charge in [-0.25, -0.2) is 13.8 Å². The highest BCUT2D eigenvalue weighted by Gasteiger charge is 2.16. The highest BCUT2D eigenvalue weighted by atomic mass is 127. The van der Waals surface area contributed by atoms with E-state index in [1.807, 2.05) is 0 Å². The molecule has 66 valence electrons. The van der Waals surface area contributed by atoms with Crippen molar-refractivity contribution in [1.29, 1.82) is 0 Å². The topological polar surface area (TPSA) is 64.9 Å². The molecule has 0 radical (unpaired) electrons. The first-order valence-corrected chi connectivity index (χ1v) is 4.09. The Kier molecular flexibility index (Phi) is 2.65. The van der Waals surface area contributed by atoms with Gasteiger partial charge in [0.15, 0.2) is 0 Å². The second-order valence-corrected chi connectivity index (χ2v) is 3.29. The van der Waals surface area contributed by atoms with Crippen LogP contribution in [0.3, 0.4) is 0 Å². The van der Waals surface area contributed by atoms with Crippen molar-refractivity contribution in [1.82, 2.24) is 4.98 Å². The molecule has 0 aliphatic carbocycles. The zero-order valence-corrected chi connectivity index (χ0v) is 8.05. The molecule has 4 N–H and O–H groups in total. The minimum absolute atomic E-state index is 0.154. The number of hydrogen-bond donors (Lipinski definition) is 2. The third-order valence-electron chi connectivity index (χ3n) is 1.28. The summed E-state index contributed by atoms with van der Waals surface area (Å²) in [6, 6.07) is 1.36. The molecular weight excluding hydrogens is 279 g/mol. The number of anilines is 2. The zero-order valence-electron chi connectivity index (χ0n) is 5.89. The summed E-state index contributed by atoms with van der Waals surface area (Å²) in [6.45, 7) is 0. The number of pyridine rings is 1. The van der Waals surface area contributed by atoms with E-state index in [9.17, 15) is 8.78 Å². The largest absolute Gasteiger partial charge is 0.384 e. The number of rotatable bonds is 1. The molecule has 1 aromatic rings. The molecule has 0 aromatic carbocycles. The first-order chi connectivity index (χ1) is 5.52. The Hall–Kier alpha value is -0.660. The maximum atomic E-state index is 12.3. The number of aromatic nitrogens is 1. The van der Waals surface area contributed by atoms with Crippen LogP contribution in [0, 0.1) is 3.57 Å². The van der Waals surface area contributed by atoms with Crippen molar-refractivity contribution in [3.63, 3.8) is 0 Å². The molecule has 0 spiro atoms. The van der Waals surface area contributed by atoms with E-state index < -0.39 is 6.43 Å². The van der Waals surface area contributed by atoms with Crippen LogP contribution in [0.25, 0.3) is 0 Å². The fraction of sp³-hybridized carbons (Fsp3) is 0.167. The Balaban J connectivity index is 3.28. The van der Waals surface area contributed by atoms with E-state index in [1.54, 1.807) is 22.6 Å². The van der Waals surface area contributed by atoms with Crippen molar-refractivity contribution in [2.24, 2.45) is 0 Å². The van der Waals surface area contributed by atoms with Gasteiger partial charge in [-0.3, -0.25) is 0 Å². The molecule has 6 heteroatoms. The minimum atomic E-state index is -2.61. The second-order valence-electron chi connectivity index (χ2n) is 2.13. The summed E-state index contributed by atoms with van der Waals surface area (Å²) >= 11 is 1.75. The summed E-state index contributed by atoms with van der Waals surface area (Å²) in [5.74, 6) is -0.0456. The Bertz CT molecular complexity index is 280. The lowest BCUT2D eigenvalue weighted by atomic mass is 10.2. The average molecular weight is 285 g/mol. The molecule has 0 unspecified atom stereocenters. The Labute approximate surface area is 81.3 Å². The van der Waals surface area contributed by atoms with Crippen LogP contribution in [-0.2, 0) is 0 Å². The van der Waals surface area contributed by atoms with Crippen LogP contribution in [0.15, 0.2) is 6.07 Å². The molecule has 12 heavy (non-hydrogen) atoms. The predicted octanol–water partition coefficient (Wildman–Crippen LogP) is 1.79. The van der Waals surface area contributed by atoms with Gasteiger partial charge in [-0.15, -0.1) is 0 Å². The van der Waals surface area contributed by atoms with Gasteiger partial charge in [0.05, 0.1) is 5.56 Å². The van der Waals surface area contributed by atoms with Gasteiger partial charge in [0.25, 0.3) is 6.43 Å². The van der Waals surface area contributed by atoms with E-state index in [-0.39, 0.29) is 17.2 Å². The average Bonchev–Trinajstić information content (AvgIpc) is 1.82. The first-order valence-electron chi connectivity index (χ1n) is 3.02. The predicted molar refractivity (Wildman–Crippen MR) is 50.7 cm³/mol. The third-order valence-corrected chi connectivity index (χ3v) is 2.17. The maximum Gasteiger partial charge on any atom is 0.268 e. The van der Waals surface area contributed by atoms with Crippen LogP contribution < -0.4 is 11.5 Å². The number of nitrogen functional groups attached to an aromatic ring is 2. The van der Waals surface area contributed by atoms with Gasteiger partial charge in [-0.1, -0.05) is 0 Å². The van der Waals surface area contributed by atoms with Crippen LogP contribution in [0.4, 0.5) is 20.4 Å². The van der Waals surface area contributed by atoms with Gasteiger partial charge in [0, 0.05) is 3.57 Å². The zero-order chi connectivity index (χ0) is 9.30.